The van der Waals surface area contributed by atoms with Crippen molar-refractivity contribution in [3.8, 4) is 0 Å². The number of aryl methyl sites for hydroxylation is 1. The minimum absolute atomic E-state index is 0.0382. The largest absolute Gasteiger partial charge is 0.249 e. The third-order valence-corrected chi connectivity index (χ3v) is 4.53. The van der Waals surface area contributed by atoms with Crippen LogP contribution >= 0.6 is 0 Å². The van der Waals surface area contributed by atoms with Crippen molar-refractivity contribution < 1.29 is 8.60 Å². The van der Waals surface area contributed by atoms with Gasteiger partial charge in [-0.05, 0) is 18.6 Å². The first kappa shape index (κ1) is 12.1. The summed E-state index contributed by atoms with van der Waals surface area (Å²) >= 11 is 0. The predicted molar refractivity (Wildman–Crippen MR) is 60.2 cm³/mol. The molecule has 0 saturated carbocycles. The summed E-state index contributed by atoms with van der Waals surface area (Å²) in [5, 5.41) is 0. The van der Waals surface area contributed by atoms with E-state index in [1.54, 1.807) is 26.8 Å². The quantitative estimate of drug-likeness (QED) is 0.801. The molecule has 1 aromatic heterocycles. The molecular weight excluding hydrogens is 215 g/mol. The zero-order chi connectivity index (χ0) is 11.5. The molecule has 0 aromatic carbocycles. The van der Waals surface area contributed by atoms with E-state index in [-0.39, 0.29) is 5.82 Å². The Morgan fingerprint density at radius 1 is 1.47 bits per heavy atom. The predicted octanol–water partition coefficient (Wildman–Crippen LogP) is 2.67. The highest BCUT2D eigenvalue weighted by atomic mass is 32.2. The van der Waals surface area contributed by atoms with Gasteiger partial charge in [0.05, 0.1) is 9.73 Å². The van der Waals surface area contributed by atoms with Crippen LogP contribution in [0.4, 0.5) is 10.2 Å². The van der Waals surface area contributed by atoms with Crippen LogP contribution in [0.5, 0.6) is 0 Å². The Bertz CT molecular complexity index is 454. The lowest BCUT2D eigenvalue weighted by atomic mass is 10.3. The lowest BCUT2D eigenvalue weighted by Crippen LogP contribution is -2.05. The molecule has 0 radical (unpaired) electrons. The molecule has 0 amide bonds. The lowest BCUT2D eigenvalue weighted by Gasteiger charge is -2.04. The van der Waals surface area contributed by atoms with Crippen LogP contribution in [0.15, 0.2) is 16.6 Å². The first-order valence-corrected chi connectivity index (χ1v) is 6.71. The van der Waals surface area contributed by atoms with Crippen LogP contribution < -0.4 is 0 Å². The molecule has 0 bridgehead atoms. The Morgan fingerprint density at radius 3 is 2.60 bits per heavy atom. The molecule has 0 aliphatic carbocycles. The van der Waals surface area contributed by atoms with Gasteiger partial charge in [0.15, 0.2) is 11.6 Å². The molecule has 5 heteroatoms. The number of aromatic nitrogens is 1. The van der Waals surface area contributed by atoms with Crippen molar-refractivity contribution in [3.63, 3.8) is 0 Å². The number of nitrogens with zero attached hydrogens (tertiary/aromatic N) is 2. The maximum Gasteiger partial charge on any atom is 0.197 e. The second kappa shape index (κ2) is 4.70. The molecule has 1 heterocycles. The van der Waals surface area contributed by atoms with Gasteiger partial charge in [-0.3, -0.25) is 0 Å². The van der Waals surface area contributed by atoms with Gasteiger partial charge in [-0.15, -0.1) is 0 Å². The van der Waals surface area contributed by atoms with E-state index in [1.807, 2.05) is 0 Å². The Morgan fingerprint density at radius 2 is 2.07 bits per heavy atom. The number of hydrogen-bond donors (Lipinski definition) is 0. The maximum absolute atomic E-state index is 13.5. The SMILES string of the molecule is CCS(=O)(CC)=Nc1nccc(C)c1F. The van der Waals surface area contributed by atoms with Crippen LogP contribution in [-0.4, -0.2) is 20.7 Å². The normalized spacial score (nSPS) is 11.5. The lowest BCUT2D eigenvalue weighted by molar-refractivity contribution is 0.614. The summed E-state index contributed by atoms with van der Waals surface area (Å²) in [6.45, 7) is 5.20. The van der Waals surface area contributed by atoms with Crippen molar-refractivity contribution in [2.24, 2.45) is 4.36 Å². The molecule has 1 aromatic rings. The van der Waals surface area contributed by atoms with Crippen LogP contribution in [0.25, 0.3) is 0 Å². The van der Waals surface area contributed by atoms with E-state index < -0.39 is 15.5 Å². The van der Waals surface area contributed by atoms with E-state index >= 15 is 0 Å². The van der Waals surface area contributed by atoms with Gasteiger partial charge >= 0.3 is 0 Å². The Labute approximate surface area is 89.9 Å². The number of rotatable bonds is 3. The van der Waals surface area contributed by atoms with E-state index in [0.717, 1.165) is 0 Å². The number of hydrogen-bond acceptors (Lipinski definition) is 3. The third-order valence-electron chi connectivity index (χ3n) is 2.22. The van der Waals surface area contributed by atoms with Crippen molar-refractivity contribution in [1.29, 1.82) is 0 Å². The zero-order valence-corrected chi connectivity index (χ0v) is 9.97. The molecule has 0 aliphatic heterocycles. The Balaban J connectivity index is 3.30. The summed E-state index contributed by atoms with van der Waals surface area (Å²) in [7, 11) is -2.33. The van der Waals surface area contributed by atoms with Crippen molar-refractivity contribution >= 4 is 15.5 Å². The Hall–Kier alpha value is -0.970. The van der Waals surface area contributed by atoms with Gasteiger partial charge in [-0.25, -0.2) is 13.6 Å². The maximum atomic E-state index is 13.5. The zero-order valence-electron chi connectivity index (χ0n) is 9.16. The standard InChI is InChI=1S/C10H15FN2OS/c1-4-15(14,5-2)13-10-9(11)8(3)6-7-12-10/h6-7H,4-5H2,1-3H3. The van der Waals surface area contributed by atoms with E-state index in [2.05, 4.69) is 9.35 Å². The van der Waals surface area contributed by atoms with Crippen LogP contribution in [-0.2, 0) is 9.73 Å². The second-order valence-corrected chi connectivity index (χ2v) is 6.09. The van der Waals surface area contributed by atoms with Gasteiger partial charge in [-0.2, -0.15) is 4.36 Å². The number of pyridine rings is 1. The molecule has 0 saturated heterocycles. The van der Waals surface area contributed by atoms with Gasteiger partial charge in [0, 0.05) is 17.7 Å². The molecule has 84 valence electrons. The molecule has 0 fully saturated rings. The average molecular weight is 230 g/mol. The van der Waals surface area contributed by atoms with Gasteiger partial charge in [-0.1, -0.05) is 13.8 Å². The first-order valence-electron chi connectivity index (χ1n) is 4.86. The molecule has 0 N–H and O–H groups in total. The summed E-state index contributed by atoms with van der Waals surface area (Å²) < 4.78 is 29.4. The molecule has 0 spiro atoms. The fourth-order valence-electron chi connectivity index (χ4n) is 1.08. The van der Waals surface area contributed by atoms with Gasteiger partial charge in [0.25, 0.3) is 0 Å². The molecule has 0 unspecified atom stereocenters. The second-order valence-electron chi connectivity index (χ2n) is 3.21. The average Bonchev–Trinajstić information content (AvgIpc) is 2.25. The number of halogens is 1. The molecule has 0 atom stereocenters. The summed E-state index contributed by atoms with van der Waals surface area (Å²) in [6, 6.07) is 1.56. The van der Waals surface area contributed by atoms with Crippen molar-refractivity contribution in [1.82, 2.24) is 4.98 Å². The van der Waals surface area contributed by atoms with Crippen LogP contribution in [0.3, 0.4) is 0 Å². The van der Waals surface area contributed by atoms with E-state index in [0.29, 0.717) is 17.1 Å². The highest BCUT2D eigenvalue weighted by Crippen LogP contribution is 2.19. The molecule has 0 aliphatic rings. The van der Waals surface area contributed by atoms with E-state index in [9.17, 15) is 8.60 Å². The monoisotopic (exact) mass is 230 g/mol. The van der Waals surface area contributed by atoms with Crippen LogP contribution in [0, 0.1) is 12.7 Å². The molecule has 1 rings (SSSR count). The van der Waals surface area contributed by atoms with Crippen molar-refractivity contribution in [3.05, 3.63) is 23.6 Å². The fourth-order valence-corrected chi connectivity index (χ4v) is 2.19. The summed E-state index contributed by atoms with van der Waals surface area (Å²) in [5.41, 5.74) is 0.470. The van der Waals surface area contributed by atoms with E-state index in [1.165, 1.54) is 6.20 Å². The topological polar surface area (TPSA) is 42.3 Å². The van der Waals surface area contributed by atoms with E-state index in [4.69, 9.17) is 0 Å². The summed E-state index contributed by atoms with van der Waals surface area (Å²) in [4.78, 5) is 3.80. The highest BCUT2D eigenvalue weighted by Gasteiger charge is 2.09. The van der Waals surface area contributed by atoms with Gasteiger partial charge < -0.3 is 0 Å². The molecule has 15 heavy (non-hydrogen) atoms. The minimum Gasteiger partial charge on any atom is -0.249 e. The minimum atomic E-state index is -2.33. The first-order chi connectivity index (χ1) is 7.02. The molecular formula is C10H15FN2OS. The fraction of sp³-hybridized carbons (Fsp3) is 0.500. The summed E-state index contributed by atoms with van der Waals surface area (Å²) in [6.07, 6.45) is 1.47. The van der Waals surface area contributed by atoms with Gasteiger partial charge in [0.1, 0.15) is 0 Å². The van der Waals surface area contributed by atoms with Crippen molar-refractivity contribution in [2.75, 3.05) is 11.5 Å². The van der Waals surface area contributed by atoms with Crippen LogP contribution in [0.1, 0.15) is 19.4 Å². The van der Waals surface area contributed by atoms with Crippen molar-refractivity contribution in [2.45, 2.75) is 20.8 Å². The summed E-state index contributed by atoms with van der Waals surface area (Å²) in [5.74, 6) is 0.313. The Kier molecular flexibility index (Phi) is 3.79. The third kappa shape index (κ3) is 2.75. The smallest absolute Gasteiger partial charge is 0.197 e. The molecule has 3 nitrogen and oxygen atoms in total. The van der Waals surface area contributed by atoms with Crippen LogP contribution in [0.2, 0.25) is 0 Å². The highest BCUT2D eigenvalue weighted by molar-refractivity contribution is 7.93. The van der Waals surface area contributed by atoms with Gasteiger partial charge in [0.2, 0.25) is 0 Å².